The van der Waals surface area contributed by atoms with Gasteiger partial charge in [0.15, 0.2) is 11.5 Å². The Labute approximate surface area is 187 Å². The van der Waals surface area contributed by atoms with Crippen molar-refractivity contribution in [3.63, 3.8) is 0 Å². The molecule has 0 unspecified atom stereocenters. The molecule has 3 aromatic rings. The van der Waals surface area contributed by atoms with Crippen molar-refractivity contribution in [2.24, 2.45) is 0 Å². The molecule has 1 amide bonds. The number of hydrogen-bond acceptors (Lipinski definition) is 4. The predicted octanol–water partition coefficient (Wildman–Crippen LogP) is 4.18. The molecule has 4 rings (SSSR count). The molecule has 6 heteroatoms. The van der Waals surface area contributed by atoms with Crippen LogP contribution in [0.5, 0.6) is 11.5 Å². The molecular weight excluding hydrogens is 404 g/mol. The van der Waals surface area contributed by atoms with E-state index < -0.39 is 0 Å². The molecule has 0 bridgehead atoms. The van der Waals surface area contributed by atoms with E-state index in [9.17, 15) is 9.59 Å². The SMILES string of the molecule is COc1ccc(-c2ccc(C(=O)NCc3c4c(c(C)[nH]c3=O)CCCC4)cc2)cc1OC. The summed E-state index contributed by atoms with van der Waals surface area (Å²) in [5.41, 5.74) is 6.35. The average Bonchev–Trinajstić information content (AvgIpc) is 2.83. The fourth-order valence-electron chi connectivity index (χ4n) is 4.40. The standard InChI is InChI=1S/C26H28N2O4/c1-16-20-6-4-5-7-21(20)22(26(30)28-16)15-27-25(29)18-10-8-17(9-11-18)19-12-13-23(31-2)24(14-19)32-3/h8-14H,4-7,15H2,1-3H3,(H,27,29)(H,28,30). The van der Waals surface area contributed by atoms with Gasteiger partial charge in [-0.1, -0.05) is 18.2 Å². The molecule has 0 spiro atoms. The third-order valence-corrected chi connectivity index (χ3v) is 6.15. The molecule has 1 heterocycles. The summed E-state index contributed by atoms with van der Waals surface area (Å²) in [7, 11) is 3.20. The summed E-state index contributed by atoms with van der Waals surface area (Å²) in [6, 6.07) is 13.1. The van der Waals surface area contributed by atoms with Crippen molar-refractivity contribution in [3.05, 3.63) is 80.8 Å². The van der Waals surface area contributed by atoms with Gasteiger partial charge in [0.05, 0.1) is 14.2 Å². The van der Waals surface area contributed by atoms with Crippen molar-refractivity contribution in [2.45, 2.75) is 39.2 Å². The van der Waals surface area contributed by atoms with Gasteiger partial charge in [-0.3, -0.25) is 9.59 Å². The number of hydrogen-bond donors (Lipinski definition) is 2. The van der Waals surface area contributed by atoms with E-state index in [0.717, 1.165) is 48.1 Å². The van der Waals surface area contributed by atoms with Crippen molar-refractivity contribution < 1.29 is 14.3 Å². The second kappa shape index (κ2) is 9.30. The Bertz CT molecular complexity index is 1200. The quantitative estimate of drug-likeness (QED) is 0.613. The third-order valence-electron chi connectivity index (χ3n) is 6.15. The minimum absolute atomic E-state index is 0.104. The summed E-state index contributed by atoms with van der Waals surface area (Å²) < 4.78 is 10.7. The molecular formula is C26H28N2O4. The van der Waals surface area contributed by atoms with Crippen LogP contribution in [0, 0.1) is 6.92 Å². The van der Waals surface area contributed by atoms with Gasteiger partial charge in [0.25, 0.3) is 11.5 Å². The largest absolute Gasteiger partial charge is 0.493 e. The van der Waals surface area contributed by atoms with Gasteiger partial charge in [-0.25, -0.2) is 0 Å². The van der Waals surface area contributed by atoms with Crippen LogP contribution in [0.15, 0.2) is 47.3 Å². The Hall–Kier alpha value is -3.54. The zero-order chi connectivity index (χ0) is 22.7. The van der Waals surface area contributed by atoms with Crippen LogP contribution in [-0.2, 0) is 19.4 Å². The number of fused-ring (bicyclic) bond motifs is 1. The van der Waals surface area contributed by atoms with E-state index in [0.29, 0.717) is 22.6 Å². The number of carbonyl (C=O) groups excluding carboxylic acids is 1. The van der Waals surface area contributed by atoms with Gasteiger partial charge in [-0.05, 0) is 79.1 Å². The number of pyridine rings is 1. The molecule has 166 valence electrons. The van der Waals surface area contributed by atoms with E-state index >= 15 is 0 Å². The minimum atomic E-state index is -0.201. The molecule has 0 atom stereocenters. The summed E-state index contributed by atoms with van der Waals surface area (Å²) in [5, 5.41) is 2.92. The van der Waals surface area contributed by atoms with Crippen molar-refractivity contribution in [2.75, 3.05) is 14.2 Å². The number of H-pyrrole nitrogens is 1. The van der Waals surface area contributed by atoms with Crippen molar-refractivity contribution >= 4 is 5.91 Å². The summed E-state index contributed by atoms with van der Waals surface area (Å²) in [5.74, 6) is 1.12. The highest BCUT2D eigenvalue weighted by Crippen LogP contribution is 2.32. The van der Waals surface area contributed by atoms with E-state index in [4.69, 9.17) is 9.47 Å². The third kappa shape index (κ3) is 4.26. The van der Waals surface area contributed by atoms with Crippen LogP contribution in [0.4, 0.5) is 0 Å². The van der Waals surface area contributed by atoms with Crippen molar-refractivity contribution in [1.82, 2.24) is 10.3 Å². The Balaban J connectivity index is 1.49. The van der Waals surface area contributed by atoms with Crippen LogP contribution in [-0.4, -0.2) is 25.1 Å². The predicted molar refractivity (Wildman–Crippen MR) is 125 cm³/mol. The molecule has 0 saturated heterocycles. The highest BCUT2D eigenvalue weighted by atomic mass is 16.5. The van der Waals surface area contributed by atoms with Crippen LogP contribution in [0.1, 0.15) is 45.6 Å². The Morgan fingerprint density at radius 3 is 2.28 bits per heavy atom. The molecule has 32 heavy (non-hydrogen) atoms. The maximum atomic E-state index is 12.7. The number of benzene rings is 2. The maximum Gasteiger partial charge on any atom is 0.253 e. The van der Waals surface area contributed by atoms with E-state index in [1.54, 1.807) is 26.4 Å². The van der Waals surface area contributed by atoms with Crippen LogP contribution in [0.3, 0.4) is 0 Å². The summed E-state index contributed by atoms with van der Waals surface area (Å²) in [4.78, 5) is 28.2. The fourth-order valence-corrected chi connectivity index (χ4v) is 4.40. The maximum absolute atomic E-state index is 12.7. The summed E-state index contributed by atoms with van der Waals surface area (Å²) >= 11 is 0. The molecule has 0 radical (unpaired) electrons. The monoisotopic (exact) mass is 432 g/mol. The lowest BCUT2D eigenvalue weighted by Crippen LogP contribution is -2.30. The second-order valence-corrected chi connectivity index (χ2v) is 8.05. The number of aromatic amines is 1. The topological polar surface area (TPSA) is 80.4 Å². The number of ether oxygens (including phenoxy) is 2. The molecule has 2 aromatic carbocycles. The van der Waals surface area contributed by atoms with Gasteiger partial charge in [0.2, 0.25) is 0 Å². The number of amides is 1. The normalized spacial score (nSPS) is 12.7. The van der Waals surface area contributed by atoms with Gasteiger partial charge >= 0.3 is 0 Å². The molecule has 0 aliphatic heterocycles. The number of nitrogens with one attached hydrogen (secondary N) is 2. The number of methoxy groups -OCH3 is 2. The fraction of sp³-hybridized carbons (Fsp3) is 0.308. The minimum Gasteiger partial charge on any atom is -0.493 e. The Morgan fingerprint density at radius 1 is 0.938 bits per heavy atom. The highest BCUT2D eigenvalue weighted by Gasteiger charge is 2.19. The first-order valence-corrected chi connectivity index (χ1v) is 10.9. The van der Waals surface area contributed by atoms with Gasteiger partial charge in [-0.2, -0.15) is 0 Å². The first-order valence-electron chi connectivity index (χ1n) is 10.9. The van der Waals surface area contributed by atoms with Crippen LogP contribution in [0.25, 0.3) is 11.1 Å². The van der Waals surface area contributed by atoms with Gasteiger partial charge < -0.3 is 19.8 Å². The van der Waals surface area contributed by atoms with E-state index in [-0.39, 0.29) is 18.0 Å². The Morgan fingerprint density at radius 2 is 1.59 bits per heavy atom. The summed E-state index contributed by atoms with van der Waals surface area (Å²) in [6.45, 7) is 2.18. The van der Waals surface area contributed by atoms with Crippen molar-refractivity contribution in [3.8, 4) is 22.6 Å². The highest BCUT2D eigenvalue weighted by molar-refractivity contribution is 5.94. The van der Waals surface area contributed by atoms with Crippen LogP contribution < -0.4 is 20.3 Å². The molecule has 1 aliphatic rings. The molecule has 1 aromatic heterocycles. The zero-order valence-electron chi connectivity index (χ0n) is 18.7. The first-order chi connectivity index (χ1) is 15.5. The van der Waals surface area contributed by atoms with E-state index in [1.165, 1.54) is 5.56 Å². The van der Waals surface area contributed by atoms with Crippen LogP contribution >= 0.6 is 0 Å². The van der Waals surface area contributed by atoms with Gasteiger partial charge in [0.1, 0.15) is 0 Å². The lowest BCUT2D eigenvalue weighted by molar-refractivity contribution is 0.0950. The number of aromatic nitrogens is 1. The van der Waals surface area contributed by atoms with Crippen molar-refractivity contribution in [1.29, 1.82) is 0 Å². The number of carbonyl (C=O) groups is 1. The summed E-state index contributed by atoms with van der Waals surface area (Å²) in [6.07, 6.45) is 4.09. The molecule has 2 N–H and O–H groups in total. The van der Waals surface area contributed by atoms with Gasteiger partial charge in [-0.15, -0.1) is 0 Å². The molecule has 1 aliphatic carbocycles. The van der Waals surface area contributed by atoms with E-state index in [1.807, 2.05) is 37.3 Å². The first kappa shape index (κ1) is 21.7. The molecule has 0 fully saturated rings. The Kier molecular flexibility index (Phi) is 6.30. The number of aryl methyl sites for hydroxylation is 1. The average molecular weight is 433 g/mol. The smallest absolute Gasteiger partial charge is 0.253 e. The second-order valence-electron chi connectivity index (χ2n) is 8.05. The van der Waals surface area contributed by atoms with Crippen LogP contribution in [0.2, 0.25) is 0 Å². The zero-order valence-corrected chi connectivity index (χ0v) is 18.7. The lowest BCUT2D eigenvalue weighted by Gasteiger charge is -2.21. The van der Waals surface area contributed by atoms with Gasteiger partial charge in [0, 0.05) is 23.4 Å². The van der Waals surface area contributed by atoms with E-state index in [2.05, 4.69) is 10.3 Å². The molecule has 0 saturated carbocycles. The lowest BCUT2D eigenvalue weighted by atomic mass is 9.88. The molecule has 6 nitrogen and oxygen atoms in total. The number of rotatable bonds is 6.